The molecule has 0 bridgehead atoms. The van der Waals surface area contributed by atoms with E-state index < -0.39 is 0 Å². The van der Waals surface area contributed by atoms with Crippen molar-refractivity contribution in [3.8, 4) is 0 Å². The van der Waals surface area contributed by atoms with Gasteiger partial charge in [-0.1, -0.05) is 0 Å². The van der Waals surface area contributed by atoms with Crippen LogP contribution in [0.4, 0.5) is 11.5 Å². The summed E-state index contributed by atoms with van der Waals surface area (Å²) in [6.07, 6.45) is 4.56. The van der Waals surface area contributed by atoms with Crippen molar-refractivity contribution in [1.29, 1.82) is 0 Å². The number of hydrogen-bond donors (Lipinski definition) is 1. The predicted octanol–water partition coefficient (Wildman–Crippen LogP) is 1.86. The average Bonchev–Trinajstić information content (AvgIpc) is 3.04. The minimum Gasteiger partial charge on any atom is -0.382 e. The number of anilines is 2. The molecule has 2 aromatic heterocycles. The molecule has 0 aromatic carbocycles. The van der Waals surface area contributed by atoms with Gasteiger partial charge >= 0.3 is 0 Å². The fourth-order valence-corrected chi connectivity index (χ4v) is 2.03. The average molecular weight is 216 g/mol. The number of aromatic nitrogens is 2. The molecule has 1 aliphatic carbocycles. The van der Waals surface area contributed by atoms with Gasteiger partial charge in [-0.2, -0.15) is 0 Å². The maximum atomic E-state index is 5.96. The van der Waals surface area contributed by atoms with Gasteiger partial charge in [0.05, 0.1) is 5.52 Å². The van der Waals surface area contributed by atoms with Gasteiger partial charge in [0.15, 0.2) is 0 Å². The summed E-state index contributed by atoms with van der Waals surface area (Å²) in [5.74, 6) is 2.39. The van der Waals surface area contributed by atoms with Gasteiger partial charge in [0.2, 0.25) is 0 Å². The fraction of sp³-hybridized carbons (Fsp3) is 0.417. The van der Waals surface area contributed by atoms with Gasteiger partial charge in [-0.25, -0.2) is 4.98 Å². The van der Waals surface area contributed by atoms with Gasteiger partial charge in [-0.15, -0.1) is 0 Å². The van der Waals surface area contributed by atoms with Crippen molar-refractivity contribution >= 4 is 17.0 Å². The van der Waals surface area contributed by atoms with Crippen LogP contribution in [-0.4, -0.2) is 23.5 Å². The number of imidazole rings is 1. The van der Waals surface area contributed by atoms with E-state index in [1.54, 1.807) is 0 Å². The van der Waals surface area contributed by atoms with Crippen LogP contribution >= 0.6 is 0 Å². The lowest BCUT2D eigenvalue weighted by Gasteiger charge is -2.12. The summed E-state index contributed by atoms with van der Waals surface area (Å²) in [4.78, 5) is 6.55. The zero-order valence-electron chi connectivity index (χ0n) is 9.64. The van der Waals surface area contributed by atoms with Gasteiger partial charge in [0.25, 0.3) is 0 Å². The molecule has 1 saturated carbocycles. The maximum Gasteiger partial charge on any atom is 0.149 e. The number of nitrogens with two attached hydrogens (primary N) is 1. The molecule has 1 aliphatic rings. The van der Waals surface area contributed by atoms with E-state index in [1.807, 2.05) is 14.1 Å². The Morgan fingerprint density at radius 3 is 2.81 bits per heavy atom. The topological polar surface area (TPSA) is 46.6 Å². The molecule has 1 fully saturated rings. The Labute approximate surface area is 94.7 Å². The van der Waals surface area contributed by atoms with E-state index in [-0.39, 0.29) is 0 Å². The van der Waals surface area contributed by atoms with E-state index in [0.29, 0.717) is 11.7 Å². The molecule has 0 radical (unpaired) electrons. The van der Waals surface area contributed by atoms with E-state index >= 15 is 0 Å². The highest BCUT2D eigenvalue weighted by Crippen LogP contribution is 2.40. The van der Waals surface area contributed by atoms with E-state index in [2.05, 4.69) is 32.6 Å². The van der Waals surface area contributed by atoms with E-state index in [4.69, 9.17) is 5.73 Å². The van der Waals surface area contributed by atoms with E-state index in [1.165, 1.54) is 12.8 Å². The lowest BCUT2D eigenvalue weighted by atomic mass is 10.3. The summed E-state index contributed by atoms with van der Waals surface area (Å²) < 4.78 is 2.12. The monoisotopic (exact) mass is 216 g/mol. The fourth-order valence-electron chi connectivity index (χ4n) is 2.03. The molecule has 0 saturated heterocycles. The number of nitrogens with zero attached hydrogens (tertiary/aromatic N) is 3. The van der Waals surface area contributed by atoms with Gasteiger partial charge in [-0.3, -0.25) is 0 Å². The highest BCUT2D eigenvalue weighted by molar-refractivity contribution is 5.72. The molecule has 84 valence electrons. The van der Waals surface area contributed by atoms with Crippen molar-refractivity contribution in [1.82, 2.24) is 9.38 Å². The summed E-state index contributed by atoms with van der Waals surface area (Å²) in [6.45, 7) is 0. The molecule has 2 N–H and O–H groups in total. The van der Waals surface area contributed by atoms with Gasteiger partial charge in [0, 0.05) is 31.9 Å². The van der Waals surface area contributed by atoms with Crippen LogP contribution in [0.1, 0.15) is 24.6 Å². The Morgan fingerprint density at radius 2 is 2.19 bits per heavy atom. The van der Waals surface area contributed by atoms with Crippen LogP contribution in [0.2, 0.25) is 0 Å². The third kappa shape index (κ3) is 1.33. The maximum absolute atomic E-state index is 5.96. The number of nitrogen functional groups attached to an aromatic ring is 1. The lowest BCUT2D eigenvalue weighted by molar-refractivity contribution is 0.920. The van der Waals surface area contributed by atoms with Gasteiger partial charge < -0.3 is 15.0 Å². The Balaban J connectivity index is 2.20. The van der Waals surface area contributed by atoms with Crippen molar-refractivity contribution < 1.29 is 0 Å². The van der Waals surface area contributed by atoms with E-state index in [0.717, 1.165) is 17.0 Å². The van der Waals surface area contributed by atoms with E-state index in [9.17, 15) is 0 Å². The largest absolute Gasteiger partial charge is 0.382 e. The van der Waals surface area contributed by atoms with Crippen molar-refractivity contribution in [2.45, 2.75) is 18.8 Å². The summed E-state index contributed by atoms with van der Waals surface area (Å²) >= 11 is 0. The smallest absolute Gasteiger partial charge is 0.149 e. The van der Waals surface area contributed by atoms with Crippen LogP contribution in [0.5, 0.6) is 0 Å². The molecule has 0 aliphatic heterocycles. The third-order valence-electron chi connectivity index (χ3n) is 3.14. The Hall–Kier alpha value is -1.71. The first-order chi connectivity index (χ1) is 7.66. The number of pyridine rings is 1. The standard InChI is InChI=1S/C12H16N4/c1-15(2)9-5-6-16-10(7-9)11(13)14-12(16)8-3-4-8/h5-8H,3-4,13H2,1-2H3. The molecule has 0 atom stereocenters. The van der Waals surface area contributed by atoms with Crippen LogP contribution in [0.15, 0.2) is 18.3 Å². The molecule has 3 rings (SSSR count). The second-order valence-electron chi connectivity index (χ2n) is 4.66. The number of fused-ring (bicyclic) bond motifs is 1. The predicted molar refractivity (Wildman–Crippen MR) is 65.9 cm³/mol. The van der Waals surface area contributed by atoms with Crippen molar-refractivity contribution in [2.24, 2.45) is 0 Å². The normalized spacial score (nSPS) is 15.6. The minimum atomic E-state index is 0.620. The zero-order valence-corrected chi connectivity index (χ0v) is 9.64. The SMILES string of the molecule is CN(C)c1ccn2c(C3CC3)nc(N)c2c1. The molecule has 2 aromatic rings. The number of hydrogen-bond acceptors (Lipinski definition) is 3. The summed E-state index contributed by atoms with van der Waals surface area (Å²) in [7, 11) is 4.06. The Kier molecular flexibility index (Phi) is 1.87. The molecule has 0 spiro atoms. The second kappa shape index (κ2) is 3.14. The third-order valence-corrected chi connectivity index (χ3v) is 3.14. The first kappa shape index (κ1) is 9.51. The molecule has 0 amide bonds. The van der Waals surface area contributed by atoms with Crippen molar-refractivity contribution in [3.05, 3.63) is 24.2 Å². The summed E-state index contributed by atoms with van der Waals surface area (Å²) in [6, 6.07) is 4.19. The lowest BCUT2D eigenvalue weighted by Crippen LogP contribution is -2.08. The molecule has 2 heterocycles. The quantitative estimate of drug-likeness (QED) is 0.833. The molecular weight excluding hydrogens is 200 g/mol. The van der Waals surface area contributed by atoms with Crippen molar-refractivity contribution in [3.63, 3.8) is 0 Å². The summed E-state index contributed by atoms with van der Waals surface area (Å²) in [5, 5.41) is 0. The van der Waals surface area contributed by atoms with Crippen LogP contribution in [-0.2, 0) is 0 Å². The van der Waals surface area contributed by atoms with Gasteiger partial charge in [0.1, 0.15) is 11.6 Å². The van der Waals surface area contributed by atoms with Crippen LogP contribution < -0.4 is 10.6 Å². The molecule has 4 heteroatoms. The second-order valence-corrected chi connectivity index (χ2v) is 4.66. The minimum absolute atomic E-state index is 0.620. The highest BCUT2D eigenvalue weighted by atomic mass is 15.1. The highest BCUT2D eigenvalue weighted by Gasteiger charge is 2.28. The zero-order chi connectivity index (χ0) is 11.3. The molecule has 4 nitrogen and oxygen atoms in total. The molecule has 16 heavy (non-hydrogen) atoms. The molecule has 0 unspecified atom stereocenters. The summed E-state index contributed by atoms with van der Waals surface area (Å²) in [5.41, 5.74) is 8.14. The van der Waals surface area contributed by atoms with Crippen molar-refractivity contribution in [2.75, 3.05) is 24.7 Å². The van der Waals surface area contributed by atoms with Gasteiger partial charge in [-0.05, 0) is 25.0 Å². The Bertz CT molecular complexity index is 537. The first-order valence-electron chi connectivity index (χ1n) is 5.61. The van der Waals surface area contributed by atoms with Crippen LogP contribution in [0.25, 0.3) is 5.52 Å². The van der Waals surface area contributed by atoms with Crippen LogP contribution in [0.3, 0.4) is 0 Å². The first-order valence-corrected chi connectivity index (χ1v) is 5.61. The molecular formula is C12H16N4. The number of rotatable bonds is 2. The van der Waals surface area contributed by atoms with Crippen LogP contribution in [0, 0.1) is 0 Å². The Morgan fingerprint density at radius 1 is 1.44 bits per heavy atom.